The number of aromatic nitrogens is 2. The fourth-order valence-electron chi connectivity index (χ4n) is 2.27. The monoisotopic (exact) mass is 364 g/mol. The molecule has 0 unspecified atom stereocenters. The Bertz CT molecular complexity index is 760. The number of nitrogens with zero attached hydrogens (tertiary/aromatic N) is 2. The normalized spacial score (nSPS) is 9.91. The first kappa shape index (κ1) is 16.8. The summed E-state index contributed by atoms with van der Waals surface area (Å²) in [4.78, 5) is 4.02. The molecule has 0 amide bonds. The van der Waals surface area contributed by atoms with Crippen molar-refractivity contribution < 1.29 is 42.0 Å². The van der Waals surface area contributed by atoms with E-state index in [2.05, 4.69) is 27.9 Å². The van der Waals surface area contributed by atoms with E-state index in [1.165, 1.54) is 0 Å². The van der Waals surface area contributed by atoms with Gasteiger partial charge in [-0.25, -0.2) is 15.7 Å². The van der Waals surface area contributed by atoms with Crippen molar-refractivity contribution in [3.8, 4) is 28.1 Å². The van der Waals surface area contributed by atoms with Crippen LogP contribution in [0.25, 0.3) is 22.4 Å². The van der Waals surface area contributed by atoms with Gasteiger partial charge in [0.1, 0.15) is 7.05 Å². The number of methoxy groups -OCH3 is 1. The minimum Gasteiger partial charge on any atom is -0.516 e. The van der Waals surface area contributed by atoms with Crippen LogP contribution in [0.1, 0.15) is 0 Å². The van der Waals surface area contributed by atoms with Crippen LogP contribution < -0.4 is 9.30 Å². The molecular weight excluding hydrogens is 349 g/mol. The molecule has 2 heterocycles. The Morgan fingerprint density at radius 2 is 1.91 bits per heavy atom. The van der Waals surface area contributed by atoms with Crippen LogP contribution in [-0.4, -0.2) is 12.1 Å². The zero-order chi connectivity index (χ0) is 14.7. The summed E-state index contributed by atoms with van der Waals surface area (Å²) >= 11 is 0. The van der Waals surface area contributed by atoms with Crippen molar-refractivity contribution in [2.24, 2.45) is 7.05 Å². The Morgan fingerprint density at radius 1 is 1.05 bits per heavy atom. The predicted molar refractivity (Wildman–Crippen MR) is 80.5 cm³/mol. The number of hydrogen-bond donors (Lipinski definition) is 0. The van der Waals surface area contributed by atoms with Gasteiger partial charge in [-0.1, -0.05) is 18.5 Å². The summed E-state index contributed by atoms with van der Waals surface area (Å²) in [5.41, 5.74) is 3.91. The fraction of sp³-hybridized carbons (Fsp3) is 0.111. The van der Waals surface area contributed by atoms with E-state index in [9.17, 15) is 0 Å². The van der Waals surface area contributed by atoms with Crippen LogP contribution in [0, 0.1) is 12.3 Å². The van der Waals surface area contributed by atoms with Crippen LogP contribution in [0.3, 0.4) is 0 Å². The van der Waals surface area contributed by atoms with Gasteiger partial charge in [0.05, 0.1) is 7.11 Å². The largest absolute Gasteiger partial charge is 0.516 e. The van der Waals surface area contributed by atoms with E-state index in [0.29, 0.717) is 5.75 Å². The smallest absolute Gasteiger partial charge is 0.174 e. The second-order valence-corrected chi connectivity index (χ2v) is 4.68. The van der Waals surface area contributed by atoms with Crippen LogP contribution >= 0.6 is 0 Å². The van der Waals surface area contributed by atoms with Crippen LogP contribution in [0.15, 0.2) is 54.9 Å². The molecule has 1 aromatic carbocycles. The van der Waals surface area contributed by atoms with E-state index in [-0.39, 0.29) is 32.7 Å². The third-order valence-corrected chi connectivity index (χ3v) is 3.34. The summed E-state index contributed by atoms with van der Waals surface area (Å²) in [5.74, 6) is 0.714. The fourth-order valence-corrected chi connectivity index (χ4v) is 2.27. The predicted octanol–water partition coefficient (Wildman–Crippen LogP) is 2.85. The van der Waals surface area contributed by atoms with Crippen molar-refractivity contribution in [2.45, 2.75) is 0 Å². The number of pyridine rings is 2. The number of rotatable bonds is 3. The molecule has 0 spiro atoms. The van der Waals surface area contributed by atoms with Crippen molar-refractivity contribution in [1.29, 1.82) is 0 Å². The minimum absolute atomic E-state index is 0. The van der Waals surface area contributed by atoms with Crippen LogP contribution in [0.2, 0.25) is 0 Å². The summed E-state index contributed by atoms with van der Waals surface area (Å²) in [6, 6.07) is 17.3. The van der Waals surface area contributed by atoms with Crippen molar-refractivity contribution in [2.75, 3.05) is 7.11 Å². The summed E-state index contributed by atoms with van der Waals surface area (Å²) < 4.78 is 7.57. The Kier molecular flexibility index (Phi) is 5.81. The molecule has 0 N–H and O–H groups in total. The molecule has 1 radical (unpaired) electrons. The summed E-state index contributed by atoms with van der Waals surface area (Å²) in [5, 5.41) is 0. The molecule has 0 saturated heterocycles. The Balaban J connectivity index is 0.00000176. The van der Waals surface area contributed by atoms with E-state index >= 15 is 0 Å². The maximum Gasteiger partial charge on any atom is 0.174 e. The van der Waals surface area contributed by atoms with Gasteiger partial charge in [-0.3, -0.25) is 0 Å². The number of ether oxygens (including phenoxy) is 1. The second-order valence-electron chi connectivity index (χ2n) is 4.68. The molecule has 0 aliphatic heterocycles. The third-order valence-electron chi connectivity index (χ3n) is 3.34. The SMILES string of the molecule is COc1[c-]c(-c2[c-]nccc2)ccc1-c1cccc[n+]1C.[Y]. The molecule has 3 nitrogen and oxygen atoms in total. The van der Waals surface area contributed by atoms with Crippen LogP contribution in [0.4, 0.5) is 0 Å². The summed E-state index contributed by atoms with van der Waals surface area (Å²) in [6.07, 6.45) is 6.68. The van der Waals surface area contributed by atoms with Gasteiger partial charge in [-0.15, -0.1) is 18.2 Å². The summed E-state index contributed by atoms with van der Waals surface area (Å²) in [6.45, 7) is 0. The van der Waals surface area contributed by atoms with Gasteiger partial charge in [-0.2, -0.15) is 12.1 Å². The molecule has 0 aliphatic rings. The molecule has 0 atom stereocenters. The molecule has 107 valence electrons. The van der Waals surface area contributed by atoms with E-state index in [0.717, 1.165) is 22.4 Å². The number of hydrogen-bond acceptors (Lipinski definition) is 2. The molecule has 0 saturated carbocycles. The number of aryl methyl sites for hydroxylation is 1. The van der Waals surface area contributed by atoms with Gasteiger partial charge in [0.15, 0.2) is 11.9 Å². The number of benzene rings is 1. The summed E-state index contributed by atoms with van der Waals surface area (Å²) in [7, 11) is 3.67. The van der Waals surface area contributed by atoms with Crippen LogP contribution in [-0.2, 0) is 39.8 Å². The van der Waals surface area contributed by atoms with Gasteiger partial charge in [0, 0.05) is 56.2 Å². The average molecular weight is 364 g/mol. The molecule has 0 fully saturated rings. The maximum atomic E-state index is 5.51. The zero-order valence-corrected chi connectivity index (χ0v) is 15.4. The van der Waals surface area contributed by atoms with Gasteiger partial charge in [-0.05, 0) is 0 Å². The first-order valence-corrected chi connectivity index (χ1v) is 6.68. The van der Waals surface area contributed by atoms with Gasteiger partial charge in [0.2, 0.25) is 0 Å². The molecule has 3 aromatic rings. The Morgan fingerprint density at radius 3 is 2.59 bits per heavy atom. The van der Waals surface area contributed by atoms with Crippen molar-refractivity contribution in [1.82, 2.24) is 4.98 Å². The van der Waals surface area contributed by atoms with Crippen LogP contribution in [0.5, 0.6) is 5.75 Å². The van der Waals surface area contributed by atoms with Gasteiger partial charge >= 0.3 is 0 Å². The standard InChI is InChI=1S/C18H15N2O.Y/c1-20-11-4-3-7-17(20)16-9-8-14(12-18(16)21-2)15-6-5-10-19-13-15;/h3-11H,1-2H3;/q-1;. The Labute approximate surface area is 155 Å². The van der Waals surface area contributed by atoms with Crippen molar-refractivity contribution >= 4 is 0 Å². The van der Waals surface area contributed by atoms with E-state index in [4.69, 9.17) is 4.74 Å². The average Bonchev–Trinajstić information content (AvgIpc) is 2.56. The van der Waals surface area contributed by atoms with Gasteiger partial charge < -0.3 is 9.72 Å². The maximum absolute atomic E-state index is 5.51. The Hall–Kier alpha value is -1.58. The minimum atomic E-state index is 0. The zero-order valence-electron chi connectivity index (χ0n) is 12.6. The first-order chi connectivity index (χ1) is 10.3. The van der Waals surface area contributed by atoms with Gasteiger partial charge in [0.25, 0.3) is 0 Å². The molecule has 4 heteroatoms. The first-order valence-electron chi connectivity index (χ1n) is 6.68. The third kappa shape index (κ3) is 3.42. The molecule has 2 aromatic heterocycles. The second kappa shape index (κ2) is 7.62. The van der Waals surface area contributed by atoms with Crippen molar-refractivity contribution in [3.05, 3.63) is 67.1 Å². The molecule has 22 heavy (non-hydrogen) atoms. The quantitative estimate of drug-likeness (QED) is 0.528. The van der Waals surface area contributed by atoms with E-state index in [1.54, 1.807) is 13.3 Å². The molecule has 3 rings (SSSR count). The van der Waals surface area contributed by atoms with E-state index in [1.807, 2.05) is 49.6 Å². The van der Waals surface area contributed by atoms with E-state index < -0.39 is 0 Å². The topological polar surface area (TPSA) is 26.0 Å². The molecule has 0 bridgehead atoms. The van der Waals surface area contributed by atoms with Crippen molar-refractivity contribution in [3.63, 3.8) is 0 Å². The molecular formula is C18H15N2OY-. The molecule has 0 aliphatic carbocycles.